The number of rotatable bonds is 6. The van der Waals surface area contributed by atoms with Crippen LogP contribution in [-0.2, 0) is 9.59 Å². The summed E-state index contributed by atoms with van der Waals surface area (Å²) in [6, 6.07) is 5.25. The normalized spacial score (nSPS) is 19.0. The van der Waals surface area contributed by atoms with Crippen LogP contribution in [0.15, 0.2) is 24.3 Å². The fraction of sp³-hybridized carbons (Fsp3) is 0.545. The third kappa shape index (κ3) is 6.73. The van der Waals surface area contributed by atoms with Gasteiger partial charge in [-0.1, -0.05) is 35.7 Å². The van der Waals surface area contributed by atoms with Crippen molar-refractivity contribution in [1.29, 1.82) is 0 Å². The zero-order valence-electron chi connectivity index (χ0n) is 16.8. The number of carbonyl (C=O) groups excluding carboxylic acids is 2. The van der Waals surface area contributed by atoms with Gasteiger partial charge < -0.3 is 14.7 Å². The summed E-state index contributed by atoms with van der Waals surface area (Å²) in [6.45, 7) is 5.83. The van der Waals surface area contributed by atoms with Gasteiger partial charge in [0.2, 0.25) is 11.8 Å². The maximum absolute atomic E-state index is 12.6. The highest BCUT2D eigenvalue weighted by atomic mass is 35.5. The summed E-state index contributed by atoms with van der Waals surface area (Å²) < 4.78 is 0. The Morgan fingerprint density at radius 2 is 1.76 bits per heavy atom. The molecule has 0 spiro atoms. The van der Waals surface area contributed by atoms with Crippen LogP contribution in [0.4, 0.5) is 0 Å². The van der Waals surface area contributed by atoms with Gasteiger partial charge in [-0.3, -0.25) is 9.59 Å². The van der Waals surface area contributed by atoms with Gasteiger partial charge in [-0.05, 0) is 62.7 Å². The Labute approximate surface area is 183 Å². The van der Waals surface area contributed by atoms with Crippen LogP contribution in [0.3, 0.4) is 0 Å². The van der Waals surface area contributed by atoms with Crippen molar-refractivity contribution >= 4 is 41.1 Å². The van der Waals surface area contributed by atoms with Crippen LogP contribution in [0.1, 0.15) is 37.7 Å². The molecule has 158 valence electrons. The van der Waals surface area contributed by atoms with Gasteiger partial charge in [0.05, 0.1) is 10.0 Å². The van der Waals surface area contributed by atoms with Crippen molar-refractivity contribution in [3.8, 4) is 0 Å². The smallest absolute Gasteiger partial charge is 0.246 e. The molecule has 0 aromatic heterocycles. The summed E-state index contributed by atoms with van der Waals surface area (Å²) in [7, 11) is 0. The molecule has 1 aromatic carbocycles. The van der Waals surface area contributed by atoms with E-state index in [1.165, 1.54) is 38.4 Å². The van der Waals surface area contributed by atoms with Crippen LogP contribution in [-0.4, -0.2) is 72.3 Å². The lowest BCUT2D eigenvalue weighted by Gasteiger charge is -2.28. The van der Waals surface area contributed by atoms with E-state index < -0.39 is 0 Å². The SMILES string of the molecule is O=C(/C=C/c1ccc(Cl)c(Cl)c1)N1CCC(=O)N(CCCN2CCCCC2)CC1. The average molecular weight is 438 g/mol. The standard InChI is InChI=1S/C22H29Cl2N3O2/c23-19-7-5-18(17-20(19)24)6-8-21(28)27-14-9-22(29)26(15-16-27)13-4-12-25-10-2-1-3-11-25/h5-8,17H,1-4,9-16H2/b8-6+. The second kappa shape index (κ2) is 11.0. The van der Waals surface area contributed by atoms with Crippen LogP contribution in [0.5, 0.6) is 0 Å². The lowest BCUT2D eigenvalue weighted by molar-refractivity contribution is -0.130. The first-order valence-corrected chi connectivity index (χ1v) is 11.2. The van der Waals surface area contributed by atoms with Gasteiger partial charge in [-0.15, -0.1) is 0 Å². The van der Waals surface area contributed by atoms with Gasteiger partial charge >= 0.3 is 0 Å². The third-order valence-electron chi connectivity index (χ3n) is 5.61. The molecule has 0 unspecified atom stereocenters. The van der Waals surface area contributed by atoms with E-state index in [1.807, 2.05) is 11.0 Å². The molecule has 0 atom stereocenters. The first kappa shape index (κ1) is 22.1. The Morgan fingerprint density at radius 3 is 2.52 bits per heavy atom. The van der Waals surface area contributed by atoms with Crippen LogP contribution < -0.4 is 0 Å². The van der Waals surface area contributed by atoms with Gasteiger partial charge in [0.25, 0.3) is 0 Å². The molecule has 2 aliphatic rings. The van der Waals surface area contributed by atoms with E-state index in [4.69, 9.17) is 23.2 Å². The second-order valence-electron chi connectivity index (χ2n) is 7.72. The van der Waals surface area contributed by atoms with E-state index >= 15 is 0 Å². The Bertz CT molecular complexity index is 748. The predicted octanol–water partition coefficient (Wildman–Crippen LogP) is 3.94. The first-order chi connectivity index (χ1) is 14.0. The molecule has 0 N–H and O–H groups in total. The molecule has 0 saturated carbocycles. The molecule has 0 aliphatic carbocycles. The van der Waals surface area contributed by atoms with Crippen LogP contribution in [0.2, 0.25) is 10.0 Å². The molecular formula is C22H29Cl2N3O2. The number of amides is 2. The summed E-state index contributed by atoms with van der Waals surface area (Å²) in [4.78, 5) is 31.2. The molecule has 0 bridgehead atoms. The molecule has 1 aromatic rings. The van der Waals surface area contributed by atoms with Gasteiger partial charge in [-0.25, -0.2) is 0 Å². The molecule has 2 heterocycles. The van der Waals surface area contributed by atoms with Crippen LogP contribution >= 0.6 is 23.2 Å². The van der Waals surface area contributed by atoms with E-state index in [0.29, 0.717) is 36.1 Å². The van der Waals surface area contributed by atoms with Gasteiger partial charge in [0.1, 0.15) is 0 Å². The molecule has 2 amide bonds. The number of nitrogens with zero attached hydrogens (tertiary/aromatic N) is 3. The van der Waals surface area contributed by atoms with E-state index in [1.54, 1.807) is 23.1 Å². The number of piperidine rings is 1. The monoisotopic (exact) mass is 437 g/mol. The fourth-order valence-electron chi connectivity index (χ4n) is 3.88. The second-order valence-corrected chi connectivity index (χ2v) is 8.53. The van der Waals surface area contributed by atoms with Crippen molar-refractivity contribution in [3.05, 3.63) is 39.9 Å². The number of hydrogen-bond donors (Lipinski definition) is 0. The first-order valence-electron chi connectivity index (χ1n) is 10.4. The summed E-state index contributed by atoms with van der Waals surface area (Å²) in [5, 5.41) is 0.948. The molecule has 2 fully saturated rings. The van der Waals surface area contributed by atoms with Crippen molar-refractivity contribution in [1.82, 2.24) is 14.7 Å². The molecule has 3 rings (SSSR count). The number of benzene rings is 1. The minimum absolute atomic E-state index is 0.0842. The summed E-state index contributed by atoms with van der Waals surface area (Å²) in [5.41, 5.74) is 0.818. The average Bonchev–Trinajstić information content (AvgIpc) is 2.91. The highest BCUT2D eigenvalue weighted by Crippen LogP contribution is 2.23. The highest BCUT2D eigenvalue weighted by Gasteiger charge is 2.22. The molecule has 2 saturated heterocycles. The molecule has 0 radical (unpaired) electrons. The Kier molecular flexibility index (Phi) is 8.40. The number of hydrogen-bond acceptors (Lipinski definition) is 3. The van der Waals surface area contributed by atoms with Gasteiger partial charge in [0.15, 0.2) is 0 Å². The topological polar surface area (TPSA) is 43.9 Å². The van der Waals surface area contributed by atoms with E-state index in [2.05, 4.69) is 4.90 Å². The van der Waals surface area contributed by atoms with Crippen molar-refractivity contribution in [2.45, 2.75) is 32.1 Å². The molecular weight excluding hydrogens is 409 g/mol. The summed E-state index contributed by atoms with van der Waals surface area (Å²) >= 11 is 11.9. The number of carbonyl (C=O) groups is 2. The van der Waals surface area contributed by atoms with Gasteiger partial charge in [0, 0.05) is 38.7 Å². The van der Waals surface area contributed by atoms with E-state index in [0.717, 1.165) is 25.1 Å². The van der Waals surface area contributed by atoms with Crippen molar-refractivity contribution in [2.24, 2.45) is 0 Å². The third-order valence-corrected chi connectivity index (χ3v) is 6.35. The van der Waals surface area contributed by atoms with Crippen LogP contribution in [0.25, 0.3) is 6.08 Å². The Morgan fingerprint density at radius 1 is 0.966 bits per heavy atom. The zero-order valence-corrected chi connectivity index (χ0v) is 18.3. The largest absolute Gasteiger partial charge is 0.341 e. The summed E-state index contributed by atoms with van der Waals surface area (Å²) in [6.07, 6.45) is 8.56. The van der Waals surface area contributed by atoms with E-state index in [9.17, 15) is 9.59 Å². The van der Waals surface area contributed by atoms with Crippen molar-refractivity contribution in [3.63, 3.8) is 0 Å². The number of likely N-dealkylation sites (tertiary alicyclic amines) is 1. The van der Waals surface area contributed by atoms with Crippen LogP contribution in [0, 0.1) is 0 Å². The molecule has 5 nitrogen and oxygen atoms in total. The summed E-state index contributed by atoms with van der Waals surface area (Å²) in [5.74, 6) is 0.0615. The maximum atomic E-state index is 12.6. The van der Waals surface area contributed by atoms with E-state index in [-0.39, 0.29) is 11.8 Å². The molecule has 7 heteroatoms. The predicted molar refractivity (Wildman–Crippen MR) is 118 cm³/mol. The van der Waals surface area contributed by atoms with Crippen molar-refractivity contribution in [2.75, 3.05) is 45.8 Å². The highest BCUT2D eigenvalue weighted by molar-refractivity contribution is 6.42. The minimum atomic E-state index is -0.0842. The Balaban J connectivity index is 1.47. The Hall–Kier alpha value is -1.56. The molecule has 29 heavy (non-hydrogen) atoms. The lowest BCUT2D eigenvalue weighted by Crippen LogP contribution is -2.37. The van der Waals surface area contributed by atoms with Gasteiger partial charge in [-0.2, -0.15) is 0 Å². The molecule has 2 aliphatic heterocycles. The zero-order chi connectivity index (χ0) is 20.6. The quantitative estimate of drug-likeness (QED) is 0.632. The van der Waals surface area contributed by atoms with Crippen molar-refractivity contribution < 1.29 is 9.59 Å². The fourth-order valence-corrected chi connectivity index (χ4v) is 4.19. The maximum Gasteiger partial charge on any atom is 0.246 e. The lowest BCUT2D eigenvalue weighted by atomic mass is 10.1. The number of halogens is 2. The minimum Gasteiger partial charge on any atom is -0.341 e.